The minimum atomic E-state index is 0.120. The third kappa shape index (κ3) is 3.31. The maximum Gasteiger partial charge on any atom is 0.115 e. The summed E-state index contributed by atoms with van der Waals surface area (Å²) in [6, 6.07) is 8.22. The first-order chi connectivity index (χ1) is 10.3. The number of hydrogen-bond acceptors (Lipinski definition) is 3. The summed E-state index contributed by atoms with van der Waals surface area (Å²) in [5.74, 6) is 0. The van der Waals surface area contributed by atoms with Gasteiger partial charge in [0.25, 0.3) is 0 Å². The lowest BCUT2D eigenvalue weighted by molar-refractivity contribution is 0.592. The molecular formula is C17H21ClN2S. The number of nitrogens with one attached hydrogen (secondary N) is 1. The Morgan fingerprint density at radius 2 is 2.10 bits per heavy atom. The van der Waals surface area contributed by atoms with E-state index < -0.39 is 0 Å². The van der Waals surface area contributed by atoms with Crippen molar-refractivity contribution in [2.24, 2.45) is 0 Å². The summed E-state index contributed by atoms with van der Waals surface area (Å²) in [6.07, 6.45) is 6.00. The highest BCUT2D eigenvalue weighted by atomic mass is 35.5. The summed E-state index contributed by atoms with van der Waals surface area (Å²) in [4.78, 5) is 6.40. The molecule has 3 rings (SSSR count). The summed E-state index contributed by atoms with van der Waals surface area (Å²) in [7, 11) is 0. The molecule has 1 N–H and O–H groups in total. The predicted molar refractivity (Wildman–Crippen MR) is 90.3 cm³/mol. The molecule has 1 aliphatic carbocycles. The van der Waals surface area contributed by atoms with Gasteiger partial charge in [-0.3, -0.25) is 0 Å². The number of halogens is 1. The molecule has 0 fully saturated rings. The molecule has 1 aromatic heterocycles. The molecule has 0 spiro atoms. The van der Waals surface area contributed by atoms with Crippen molar-refractivity contribution in [2.45, 2.75) is 45.1 Å². The first kappa shape index (κ1) is 15.0. The van der Waals surface area contributed by atoms with E-state index in [1.165, 1.54) is 34.8 Å². The van der Waals surface area contributed by atoms with Crippen LogP contribution in [0, 0.1) is 0 Å². The SMILES string of the molecule is CCCNC(c1nc2c(s1)CCCC2)c1ccccc1Cl. The van der Waals surface area contributed by atoms with E-state index in [-0.39, 0.29) is 6.04 Å². The molecule has 0 aliphatic heterocycles. The summed E-state index contributed by atoms with van der Waals surface area (Å²) in [5, 5.41) is 5.60. The van der Waals surface area contributed by atoms with Gasteiger partial charge in [-0.05, 0) is 50.3 Å². The molecule has 112 valence electrons. The fraction of sp³-hybridized carbons (Fsp3) is 0.471. The summed E-state index contributed by atoms with van der Waals surface area (Å²) in [6.45, 7) is 3.16. The van der Waals surface area contributed by atoms with Crippen LogP contribution < -0.4 is 5.32 Å². The van der Waals surface area contributed by atoms with Crippen LogP contribution in [-0.4, -0.2) is 11.5 Å². The van der Waals surface area contributed by atoms with Crippen LogP contribution >= 0.6 is 22.9 Å². The van der Waals surface area contributed by atoms with Gasteiger partial charge < -0.3 is 5.32 Å². The second kappa shape index (κ2) is 6.91. The van der Waals surface area contributed by atoms with Gasteiger partial charge in [-0.15, -0.1) is 11.3 Å². The number of thiazole rings is 1. The van der Waals surface area contributed by atoms with Gasteiger partial charge in [0.05, 0.1) is 11.7 Å². The number of fused-ring (bicyclic) bond motifs is 1. The zero-order valence-electron chi connectivity index (χ0n) is 12.4. The Balaban J connectivity index is 1.95. The molecule has 0 bridgehead atoms. The lowest BCUT2D eigenvalue weighted by atomic mass is 10.0. The molecule has 1 unspecified atom stereocenters. The van der Waals surface area contributed by atoms with Crippen LogP contribution in [0.25, 0.3) is 0 Å². The van der Waals surface area contributed by atoms with Crippen LogP contribution in [0.2, 0.25) is 5.02 Å². The highest BCUT2D eigenvalue weighted by Crippen LogP contribution is 2.34. The number of nitrogens with zero attached hydrogens (tertiary/aromatic N) is 1. The van der Waals surface area contributed by atoms with Crippen LogP contribution in [0.15, 0.2) is 24.3 Å². The van der Waals surface area contributed by atoms with E-state index in [4.69, 9.17) is 16.6 Å². The lowest BCUT2D eigenvalue weighted by Gasteiger charge is -2.17. The molecule has 21 heavy (non-hydrogen) atoms. The van der Waals surface area contributed by atoms with Gasteiger partial charge in [0.2, 0.25) is 0 Å². The molecule has 1 aliphatic rings. The van der Waals surface area contributed by atoms with Crippen LogP contribution in [0.1, 0.15) is 53.4 Å². The van der Waals surface area contributed by atoms with Crippen molar-refractivity contribution in [1.29, 1.82) is 0 Å². The van der Waals surface area contributed by atoms with E-state index in [1.54, 1.807) is 0 Å². The Hall–Kier alpha value is -0.900. The fourth-order valence-electron chi connectivity index (χ4n) is 2.82. The van der Waals surface area contributed by atoms with Crippen molar-refractivity contribution < 1.29 is 0 Å². The van der Waals surface area contributed by atoms with Crippen molar-refractivity contribution >= 4 is 22.9 Å². The van der Waals surface area contributed by atoms with Gasteiger partial charge in [-0.25, -0.2) is 4.98 Å². The van der Waals surface area contributed by atoms with Gasteiger partial charge in [0.15, 0.2) is 0 Å². The van der Waals surface area contributed by atoms with E-state index in [0.29, 0.717) is 0 Å². The fourth-order valence-corrected chi connectivity index (χ4v) is 4.32. The third-order valence-corrected chi connectivity index (χ3v) is 5.49. The largest absolute Gasteiger partial charge is 0.304 e. The molecule has 1 heterocycles. The summed E-state index contributed by atoms with van der Waals surface area (Å²) >= 11 is 8.28. The minimum absolute atomic E-state index is 0.120. The average Bonchev–Trinajstić information content (AvgIpc) is 2.93. The molecule has 2 nitrogen and oxygen atoms in total. The van der Waals surface area contributed by atoms with Crippen molar-refractivity contribution in [3.63, 3.8) is 0 Å². The molecule has 0 saturated heterocycles. The average molecular weight is 321 g/mol. The van der Waals surface area contributed by atoms with Gasteiger partial charge in [-0.2, -0.15) is 0 Å². The lowest BCUT2D eigenvalue weighted by Crippen LogP contribution is -2.23. The van der Waals surface area contributed by atoms with Gasteiger partial charge in [0, 0.05) is 9.90 Å². The Morgan fingerprint density at radius 1 is 1.29 bits per heavy atom. The summed E-state index contributed by atoms with van der Waals surface area (Å²) < 4.78 is 0. The molecule has 4 heteroatoms. The zero-order valence-corrected chi connectivity index (χ0v) is 13.9. The Morgan fingerprint density at radius 3 is 2.86 bits per heavy atom. The van der Waals surface area contributed by atoms with Crippen molar-refractivity contribution in [3.05, 3.63) is 50.4 Å². The molecule has 0 saturated carbocycles. The minimum Gasteiger partial charge on any atom is -0.304 e. The predicted octanol–water partition coefficient (Wildman–Crippen LogP) is 4.76. The van der Waals surface area contributed by atoms with Crippen LogP contribution in [-0.2, 0) is 12.8 Å². The highest BCUT2D eigenvalue weighted by Gasteiger charge is 2.23. The van der Waals surface area contributed by atoms with E-state index >= 15 is 0 Å². The van der Waals surface area contributed by atoms with Gasteiger partial charge in [0.1, 0.15) is 5.01 Å². The second-order valence-corrected chi connectivity index (χ2v) is 7.06. The third-order valence-electron chi connectivity index (χ3n) is 3.92. The van der Waals surface area contributed by atoms with E-state index in [9.17, 15) is 0 Å². The quantitative estimate of drug-likeness (QED) is 0.858. The smallest absolute Gasteiger partial charge is 0.115 e. The zero-order chi connectivity index (χ0) is 14.7. The maximum absolute atomic E-state index is 6.41. The van der Waals surface area contributed by atoms with Crippen molar-refractivity contribution in [2.75, 3.05) is 6.54 Å². The topological polar surface area (TPSA) is 24.9 Å². The standard InChI is InChI=1S/C17H21ClN2S/c1-2-11-19-16(12-7-3-4-8-13(12)18)17-20-14-9-5-6-10-15(14)21-17/h3-4,7-8,16,19H,2,5-6,9-11H2,1H3. The first-order valence-electron chi connectivity index (χ1n) is 7.76. The first-order valence-corrected chi connectivity index (χ1v) is 8.95. The molecule has 1 atom stereocenters. The normalized spacial score (nSPS) is 15.7. The van der Waals surface area contributed by atoms with Crippen LogP contribution in [0.3, 0.4) is 0 Å². The Kier molecular flexibility index (Phi) is 4.94. The van der Waals surface area contributed by atoms with Crippen molar-refractivity contribution in [1.82, 2.24) is 10.3 Å². The number of rotatable bonds is 5. The second-order valence-electron chi connectivity index (χ2n) is 5.54. The van der Waals surface area contributed by atoms with Gasteiger partial charge in [-0.1, -0.05) is 36.7 Å². The molecular weight excluding hydrogens is 300 g/mol. The number of hydrogen-bond donors (Lipinski definition) is 1. The summed E-state index contributed by atoms with van der Waals surface area (Å²) in [5.41, 5.74) is 2.45. The van der Waals surface area contributed by atoms with Crippen LogP contribution in [0.4, 0.5) is 0 Å². The van der Waals surface area contributed by atoms with Crippen molar-refractivity contribution in [3.8, 4) is 0 Å². The highest BCUT2D eigenvalue weighted by molar-refractivity contribution is 7.11. The Bertz CT molecular complexity index is 585. The monoisotopic (exact) mass is 320 g/mol. The molecule has 1 aromatic carbocycles. The van der Waals surface area contributed by atoms with Crippen LogP contribution in [0.5, 0.6) is 0 Å². The molecule has 2 aromatic rings. The number of benzene rings is 1. The number of aryl methyl sites for hydroxylation is 2. The maximum atomic E-state index is 6.41. The van der Waals surface area contributed by atoms with E-state index in [0.717, 1.165) is 30.0 Å². The molecule has 0 radical (unpaired) electrons. The van der Waals surface area contributed by atoms with E-state index in [1.807, 2.05) is 23.5 Å². The molecule has 0 amide bonds. The Labute approximate surface area is 135 Å². The number of aromatic nitrogens is 1. The van der Waals surface area contributed by atoms with Gasteiger partial charge >= 0.3 is 0 Å². The van der Waals surface area contributed by atoms with E-state index in [2.05, 4.69) is 24.4 Å².